The van der Waals surface area contributed by atoms with Gasteiger partial charge in [-0.05, 0) is 54.5 Å². The van der Waals surface area contributed by atoms with Crippen molar-refractivity contribution in [2.24, 2.45) is 0 Å². The molecule has 3 aromatic rings. The number of aryl methyl sites for hydroxylation is 1. The van der Waals surface area contributed by atoms with Gasteiger partial charge in [-0.2, -0.15) is 0 Å². The Morgan fingerprint density at radius 3 is 3.00 bits per heavy atom. The van der Waals surface area contributed by atoms with Gasteiger partial charge in [-0.25, -0.2) is 0 Å². The predicted molar refractivity (Wildman–Crippen MR) is 85.0 cm³/mol. The summed E-state index contributed by atoms with van der Waals surface area (Å²) in [6.07, 6.45) is 7.12. The van der Waals surface area contributed by atoms with Crippen molar-refractivity contribution < 1.29 is 0 Å². The van der Waals surface area contributed by atoms with Crippen LogP contribution in [0.5, 0.6) is 0 Å². The number of hydrogen-bond donors (Lipinski definition) is 1. The first-order valence-corrected chi connectivity index (χ1v) is 8.06. The van der Waals surface area contributed by atoms with Crippen LogP contribution >= 0.6 is 11.3 Å². The fourth-order valence-corrected chi connectivity index (χ4v) is 3.92. The molecule has 2 aromatic heterocycles. The van der Waals surface area contributed by atoms with Crippen molar-refractivity contribution in [3.05, 3.63) is 58.8 Å². The molecule has 4 nitrogen and oxygen atoms in total. The molecule has 21 heavy (non-hydrogen) atoms. The van der Waals surface area contributed by atoms with Gasteiger partial charge in [-0.1, -0.05) is 6.07 Å². The van der Waals surface area contributed by atoms with Crippen molar-refractivity contribution in [1.82, 2.24) is 14.8 Å². The highest BCUT2D eigenvalue weighted by Gasteiger charge is 2.20. The molecule has 0 fully saturated rings. The van der Waals surface area contributed by atoms with Crippen molar-refractivity contribution in [1.29, 1.82) is 0 Å². The molecule has 1 unspecified atom stereocenters. The average molecular weight is 296 g/mol. The molecule has 0 saturated carbocycles. The van der Waals surface area contributed by atoms with Crippen LogP contribution in [0.1, 0.15) is 29.3 Å². The highest BCUT2D eigenvalue weighted by Crippen LogP contribution is 2.35. The second-order valence-electron chi connectivity index (χ2n) is 5.31. The minimum atomic E-state index is 0.427. The number of hydrogen-bond acceptors (Lipinski definition) is 4. The van der Waals surface area contributed by atoms with E-state index in [9.17, 15) is 0 Å². The number of nitrogens with zero attached hydrogens (tertiary/aromatic N) is 3. The lowest BCUT2D eigenvalue weighted by Gasteiger charge is -2.25. The Morgan fingerprint density at radius 2 is 2.10 bits per heavy atom. The lowest BCUT2D eigenvalue weighted by atomic mass is 9.94. The van der Waals surface area contributed by atoms with Crippen LogP contribution in [0, 0.1) is 0 Å². The smallest absolute Gasteiger partial charge is 0.123 e. The number of benzene rings is 1. The number of aromatic nitrogens is 3. The predicted octanol–water partition coefficient (Wildman–Crippen LogP) is 3.82. The van der Waals surface area contributed by atoms with E-state index < -0.39 is 0 Å². The zero-order valence-electron chi connectivity index (χ0n) is 11.6. The maximum atomic E-state index is 3.86. The van der Waals surface area contributed by atoms with Gasteiger partial charge in [0, 0.05) is 10.6 Å². The number of anilines is 1. The molecule has 4 rings (SSSR count). The fraction of sp³-hybridized carbons (Fsp3) is 0.250. The van der Waals surface area contributed by atoms with Crippen molar-refractivity contribution >= 4 is 17.0 Å². The molecule has 1 atom stereocenters. The summed E-state index contributed by atoms with van der Waals surface area (Å²) in [4.78, 5) is 1.54. The van der Waals surface area contributed by atoms with Gasteiger partial charge in [-0.3, -0.25) is 4.57 Å². The standard InChI is InChI=1S/C16H16N4S/c1-3-12(9-13(4-1)20-10-17-18-11-20)19-15-5-2-6-16-14(15)7-8-21-16/h1,3-4,7-11,15,19H,2,5-6H2. The van der Waals surface area contributed by atoms with Gasteiger partial charge in [0.2, 0.25) is 0 Å². The van der Waals surface area contributed by atoms with E-state index in [1.54, 1.807) is 12.7 Å². The van der Waals surface area contributed by atoms with Crippen LogP contribution in [0.3, 0.4) is 0 Å². The van der Waals surface area contributed by atoms with Crippen LogP contribution in [0.25, 0.3) is 5.69 Å². The SMILES string of the molecule is c1cc(NC2CCCc3sccc32)cc(-n2cnnc2)c1. The van der Waals surface area contributed by atoms with Gasteiger partial charge >= 0.3 is 0 Å². The molecule has 0 bridgehead atoms. The molecule has 2 heterocycles. The summed E-state index contributed by atoms with van der Waals surface area (Å²) >= 11 is 1.88. The minimum Gasteiger partial charge on any atom is -0.378 e. The van der Waals surface area contributed by atoms with Crippen molar-refractivity contribution in [3.63, 3.8) is 0 Å². The molecule has 106 valence electrons. The highest BCUT2D eigenvalue weighted by atomic mass is 32.1. The quantitative estimate of drug-likeness (QED) is 0.799. The monoisotopic (exact) mass is 296 g/mol. The third-order valence-corrected chi connectivity index (χ3v) is 4.95. The van der Waals surface area contributed by atoms with E-state index in [-0.39, 0.29) is 0 Å². The Bertz CT molecular complexity index is 732. The van der Waals surface area contributed by atoms with Crippen LogP contribution in [-0.2, 0) is 6.42 Å². The first-order valence-electron chi connectivity index (χ1n) is 7.18. The van der Waals surface area contributed by atoms with E-state index in [0.717, 1.165) is 11.4 Å². The Kier molecular flexibility index (Phi) is 3.20. The van der Waals surface area contributed by atoms with Gasteiger partial charge in [0.25, 0.3) is 0 Å². The van der Waals surface area contributed by atoms with Gasteiger partial charge in [-0.15, -0.1) is 21.5 Å². The third-order valence-electron chi connectivity index (χ3n) is 3.96. The summed E-state index contributed by atoms with van der Waals surface area (Å²) in [5, 5.41) is 13.6. The van der Waals surface area contributed by atoms with E-state index in [0.29, 0.717) is 6.04 Å². The second kappa shape index (κ2) is 5.33. The van der Waals surface area contributed by atoms with Crippen molar-refractivity contribution in [2.45, 2.75) is 25.3 Å². The molecule has 1 aliphatic carbocycles. The van der Waals surface area contributed by atoms with Crippen LogP contribution in [0.15, 0.2) is 48.4 Å². The summed E-state index contributed by atoms with van der Waals surface area (Å²) in [6.45, 7) is 0. The number of fused-ring (bicyclic) bond motifs is 1. The van der Waals surface area contributed by atoms with Crippen LogP contribution in [0.4, 0.5) is 5.69 Å². The molecule has 1 N–H and O–H groups in total. The number of thiophene rings is 1. The Hall–Kier alpha value is -2.14. The first kappa shape index (κ1) is 12.6. The lowest BCUT2D eigenvalue weighted by Crippen LogP contribution is -2.15. The summed E-state index contributed by atoms with van der Waals surface area (Å²) in [5.41, 5.74) is 3.69. The maximum absolute atomic E-state index is 3.86. The zero-order valence-corrected chi connectivity index (χ0v) is 12.4. The molecule has 0 amide bonds. The van der Waals surface area contributed by atoms with Crippen LogP contribution in [0.2, 0.25) is 0 Å². The Balaban J connectivity index is 1.60. The first-order chi connectivity index (χ1) is 10.4. The van der Waals surface area contributed by atoms with E-state index in [1.807, 2.05) is 15.9 Å². The summed E-state index contributed by atoms with van der Waals surface area (Å²) < 4.78 is 1.92. The van der Waals surface area contributed by atoms with Crippen molar-refractivity contribution in [3.8, 4) is 5.69 Å². The average Bonchev–Trinajstić information content (AvgIpc) is 3.20. The molecule has 1 aromatic carbocycles. The maximum Gasteiger partial charge on any atom is 0.123 e. The minimum absolute atomic E-state index is 0.427. The van der Waals surface area contributed by atoms with Gasteiger partial charge in [0.15, 0.2) is 0 Å². The molecule has 0 aliphatic heterocycles. The van der Waals surface area contributed by atoms with E-state index in [4.69, 9.17) is 0 Å². The molecule has 5 heteroatoms. The molecule has 0 radical (unpaired) electrons. The van der Waals surface area contributed by atoms with Gasteiger partial charge < -0.3 is 5.32 Å². The van der Waals surface area contributed by atoms with Crippen LogP contribution < -0.4 is 5.32 Å². The third kappa shape index (κ3) is 2.45. The van der Waals surface area contributed by atoms with Gasteiger partial charge in [0.05, 0.1) is 11.7 Å². The van der Waals surface area contributed by atoms with E-state index in [1.165, 1.54) is 29.7 Å². The molecule has 0 spiro atoms. The van der Waals surface area contributed by atoms with E-state index in [2.05, 4.69) is 51.2 Å². The molecular weight excluding hydrogens is 280 g/mol. The van der Waals surface area contributed by atoms with Gasteiger partial charge in [0.1, 0.15) is 12.7 Å². The number of rotatable bonds is 3. The topological polar surface area (TPSA) is 42.7 Å². The largest absolute Gasteiger partial charge is 0.378 e. The molecule has 1 aliphatic rings. The summed E-state index contributed by atoms with van der Waals surface area (Å²) in [7, 11) is 0. The Labute approximate surface area is 127 Å². The second-order valence-corrected chi connectivity index (χ2v) is 6.31. The summed E-state index contributed by atoms with van der Waals surface area (Å²) in [5.74, 6) is 0. The molecular formula is C16H16N4S. The van der Waals surface area contributed by atoms with E-state index >= 15 is 0 Å². The number of nitrogens with one attached hydrogen (secondary N) is 1. The van der Waals surface area contributed by atoms with Crippen molar-refractivity contribution in [2.75, 3.05) is 5.32 Å². The normalized spacial score (nSPS) is 17.4. The molecule has 0 saturated heterocycles. The zero-order chi connectivity index (χ0) is 14.1. The van der Waals surface area contributed by atoms with Crippen LogP contribution in [-0.4, -0.2) is 14.8 Å². The lowest BCUT2D eigenvalue weighted by molar-refractivity contribution is 0.609. The highest BCUT2D eigenvalue weighted by molar-refractivity contribution is 7.10. The Morgan fingerprint density at radius 1 is 1.19 bits per heavy atom. The summed E-state index contributed by atoms with van der Waals surface area (Å²) in [6, 6.07) is 11.1. The fourth-order valence-electron chi connectivity index (χ4n) is 2.93.